The van der Waals surface area contributed by atoms with Gasteiger partial charge in [-0.1, -0.05) is 0 Å². The molecule has 1 aliphatic heterocycles. The standard InChI is InChI=1S/C5H10N2O2S/c6-5(9)7-3-1-10-2-4(3)8/h3-4,8H,1-2H2,(H3,6,7,9)/t3-,4+/m0/s1. The number of carbonyl (C=O) groups is 1. The van der Waals surface area contributed by atoms with E-state index in [1.54, 1.807) is 11.8 Å². The molecule has 2 amide bonds. The van der Waals surface area contributed by atoms with E-state index >= 15 is 0 Å². The van der Waals surface area contributed by atoms with Crippen LogP contribution >= 0.6 is 11.8 Å². The highest BCUT2D eigenvalue weighted by Gasteiger charge is 2.26. The second-order valence-electron chi connectivity index (χ2n) is 2.22. The summed E-state index contributed by atoms with van der Waals surface area (Å²) in [6, 6.07) is -0.714. The highest BCUT2D eigenvalue weighted by molar-refractivity contribution is 7.99. The number of amides is 2. The van der Waals surface area contributed by atoms with Crippen LogP contribution in [0.1, 0.15) is 0 Å². The summed E-state index contributed by atoms with van der Waals surface area (Å²) in [5.74, 6) is 1.44. The predicted octanol–water partition coefficient (Wildman–Crippen LogP) is -0.869. The molecule has 58 valence electrons. The second kappa shape index (κ2) is 3.12. The summed E-state index contributed by atoms with van der Waals surface area (Å²) >= 11 is 1.61. The van der Waals surface area contributed by atoms with Gasteiger partial charge in [0.15, 0.2) is 0 Å². The molecule has 1 aliphatic rings. The molecule has 4 nitrogen and oxygen atoms in total. The Morgan fingerprint density at radius 2 is 2.40 bits per heavy atom. The van der Waals surface area contributed by atoms with Crippen molar-refractivity contribution in [3.8, 4) is 0 Å². The van der Waals surface area contributed by atoms with Crippen LogP contribution in [0.15, 0.2) is 0 Å². The molecule has 4 N–H and O–H groups in total. The fourth-order valence-electron chi connectivity index (χ4n) is 0.864. The fourth-order valence-corrected chi connectivity index (χ4v) is 2.03. The Kier molecular flexibility index (Phi) is 2.39. The summed E-state index contributed by atoms with van der Waals surface area (Å²) in [5, 5.41) is 11.6. The number of aliphatic hydroxyl groups is 1. The van der Waals surface area contributed by atoms with Gasteiger partial charge >= 0.3 is 6.03 Å². The maximum absolute atomic E-state index is 10.3. The number of rotatable bonds is 1. The van der Waals surface area contributed by atoms with E-state index in [1.165, 1.54) is 0 Å². The normalized spacial score (nSPS) is 32.1. The number of primary amides is 1. The molecule has 0 radical (unpaired) electrons. The van der Waals surface area contributed by atoms with E-state index in [4.69, 9.17) is 10.8 Å². The number of hydrogen-bond donors (Lipinski definition) is 3. The highest BCUT2D eigenvalue weighted by Crippen LogP contribution is 2.17. The first kappa shape index (κ1) is 7.68. The van der Waals surface area contributed by atoms with Gasteiger partial charge in [-0.2, -0.15) is 11.8 Å². The number of aliphatic hydroxyl groups excluding tert-OH is 1. The predicted molar refractivity (Wildman–Crippen MR) is 39.8 cm³/mol. The molecule has 0 bridgehead atoms. The van der Waals surface area contributed by atoms with Crippen LogP contribution in [0.25, 0.3) is 0 Å². The molecule has 0 aromatic rings. The molecular formula is C5H10N2O2S. The lowest BCUT2D eigenvalue weighted by atomic mass is 10.2. The number of thioether (sulfide) groups is 1. The Labute approximate surface area is 63.2 Å². The van der Waals surface area contributed by atoms with Gasteiger partial charge in [0, 0.05) is 11.5 Å². The van der Waals surface area contributed by atoms with E-state index in [1.807, 2.05) is 0 Å². The highest BCUT2D eigenvalue weighted by atomic mass is 32.2. The lowest BCUT2D eigenvalue weighted by Crippen LogP contribution is -2.44. The zero-order valence-electron chi connectivity index (χ0n) is 5.41. The maximum Gasteiger partial charge on any atom is 0.312 e. The summed E-state index contributed by atoms with van der Waals surface area (Å²) in [5.41, 5.74) is 4.86. The lowest BCUT2D eigenvalue weighted by molar-refractivity contribution is 0.167. The number of nitrogens with two attached hydrogens (primary N) is 1. The van der Waals surface area contributed by atoms with Crippen molar-refractivity contribution in [3.63, 3.8) is 0 Å². The van der Waals surface area contributed by atoms with Gasteiger partial charge in [-0.3, -0.25) is 0 Å². The fraction of sp³-hybridized carbons (Fsp3) is 0.800. The van der Waals surface area contributed by atoms with E-state index in [9.17, 15) is 4.79 Å². The summed E-state index contributed by atoms with van der Waals surface area (Å²) in [6.45, 7) is 0. The minimum Gasteiger partial charge on any atom is -0.390 e. The monoisotopic (exact) mass is 162 g/mol. The Balaban J connectivity index is 2.33. The molecule has 1 rings (SSSR count). The molecule has 0 aromatic carbocycles. The van der Waals surface area contributed by atoms with E-state index in [0.717, 1.165) is 5.75 Å². The van der Waals surface area contributed by atoms with Crippen molar-refractivity contribution in [2.75, 3.05) is 11.5 Å². The van der Waals surface area contributed by atoms with Crippen LogP contribution in [0.4, 0.5) is 4.79 Å². The van der Waals surface area contributed by atoms with Gasteiger partial charge in [0.25, 0.3) is 0 Å². The van der Waals surface area contributed by atoms with Crippen molar-refractivity contribution in [1.82, 2.24) is 5.32 Å². The average molecular weight is 162 g/mol. The molecule has 1 saturated heterocycles. The Bertz CT molecular complexity index is 142. The van der Waals surface area contributed by atoms with Crippen LogP contribution in [0.3, 0.4) is 0 Å². The lowest BCUT2D eigenvalue weighted by Gasteiger charge is -2.12. The van der Waals surface area contributed by atoms with Gasteiger partial charge in [-0.05, 0) is 0 Å². The summed E-state index contributed by atoms with van der Waals surface area (Å²) < 4.78 is 0. The van der Waals surface area contributed by atoms with E-state index in [0.29, 0.717) is 5.75 Å². The molecule has 1 fully saturated rings. The Morgan fingerprint density at radius 3 is 2.80 bits per heavy atom. The smallest absolute Gasteiger partial charge is 0.312 e. The molecule has 0 aliphatic carbocycles. The third kappa shape index (κ3) is 1.78. The quantitative estimate of drug-likeness (QED) is 0.469. The first-order valence-electron chi connectivity index (χ1n) is 3.02. The summed E-state index contributed by atoms with van der Waals surface area (Å²) in [7, 11) is 0. The topological polar surface area (TPSA) is 75.4 Å². The van der Waals surface area contributed by atoms with Crippen LogP contribution in [0.5, 0.6) is 0 Å². The first-order chi connectivity index (χ1) is 4.70. The van der Waals surface area contributed by atoms with Gasteiger partial charge in [-0.25, -0.2) is 4.79 Å². The van der Waals surface area contributed by atoms with Gasteiger partial charge in [0.2, 0.25) is 0 Å². The van der Waals surface area contributed by atoms with Crippen molar-refractivity contribution in [2.45, 2.75) is 12.1 Å². The number of carbonyl (C=O) groups excluding carboxylic acids is 1. The molecule has 2 atom stereocenters. The third-order valence-corrected chi connectivity index (χ3v) is 2.55. The molecule has 0 spiro atoms. The molecule has 5 heteroatoms. The number of nitrogens with one attached hydrogen (secondary N) is 1. The molecule has 1 heterocycles. The maximum atomic E-state index is 10.3. The van der Waals surface area contributed by atoms with Gasteiger partial charge < -0.3 is 16.2 Å². The number of hydrogen-bond acceptors (Lipinski definition) is 3. The van der Waals surface area contributed by atoms with Crippen LogP contribution < -0.4 is 11.1 Å². The van der Waals surface area contributed by atoms with E-state index in [2.05, 4.69) is 5.32 Å². The van der Waals surface area contributed by atoms with Crippen molar-refractivity contribution in [2.24, 2.45) is 5.73 Å². The van der Waals surface area contributed by atoms with Crippen LogP contribution in [0.2, 0.25) is 0 Å². The van der Waals surface area contributed by atoms with Crippen molar-refractivity contribution in [3.05, 3.63) is 0 Å². The van der Waals surface area contributed by atoms with Crippen molar-refractivity contribution in [1.29, 1.82) is 0 Å². The van der Waals surface area contributed by atoms with Crippen molar-refractivity contribution >= 4 is 17.8 Å². The van der Waals surface area contributed by atoms with E-state index < -0.39 is 12.1 Å². The Morgan fingerprint density at radius 1 is 1.70 bits per heavy atom. The zero-order chi connectivity index (χ0) is 7.56. The molecular weight excluding hydrogens is 152 g/mol. The van der Waals surface area contributed by atoms with Gasteiger partial charge in [0.05, 0.1) is 12.1 Å². The largest absolute Gasteiger partial charge is 0.390 e. The second-order valence-corrected chi connectivity index (χ2v) is 3.29. The molecule has 0 unspecified atom stereocenters. The Hall–Kier alpha value is -0.420. The van der Waals surface area contributed by atoms with Crippen LogP contribution in [-0.2, 0) is 0 Å². The van der Waals surface area contributed by atoms with Crippen LogP contribution in [-0.4, -0.2) is 34.8 Å². The van der Waals surface area contributed by atoms with Crippen molar-refractivity contribution < 1.29 is 9.90 Å². The minimum atomic E-state index is -0.563. The molecule has 0 aromatic heterocycles. The molecule has 0 saturated carbocycles. The summed E-state index contributed by atoms with van der Waals surface area (Å²) in [6.07, 6.45) is -0.433. The zero-order valence-corrected chi connectivity index (χ0v) is 6.23. The number of urea groups is 1. The van der Waals surface area contributed by atoms with Crippen LogP contribution in [0, 0.1) is 0 Å². The van der Waals surface area contributed by atoms with E-state index in [-0.39, 0.29) is 6.04 Å². The van der Waals surface area contributed by atoms with Gasteiger partial charge in [-0.15, -0.1) is 0 Å². The summed E-state index contributed by atoms with van der Waals surface area (Å²) in [4.78, 5) is 10.3. The SMILES string of the molecule is NC(=O)N[C@H]1CSC[C@H]1O. The van der Waals surface area contributed by atoms with Gasteiger partial charge in [0.1, 0.15) is 0 Å². The minimum absolute atomic E-state index is 0.150. The first-order valence-corrected chi connectivity index (χ1v) is 4.17. The third-order valence-electron chi connectivity index (χ3n) is 1.38. The molecule has 10 heavy (non-hydrogen) atoms. The average Bonchev–Trinajstić information content (AvgIpc) is 2.15.